The van der Waals surface area contributed by atoms with Gasteiger partial charge in [0.1, 0.15) is 12.4 Å². The van der Waals surface area contributed by atoms with Crippen molar-refractivity contribution in [1.82, 2.24) is 5.32 Å². The summed E-state index contributed by atoms with van der Waals surface area (Å²) >= 11 is 0. The van der Waals surface area contributed by atoms with Gasteiger partial charge in [-0.3, -0.25) is 4.79 Å². The molecule has 142 valence electrons. The van der Waals surface area contributed by atoms with E-state index in [2.05, 4.69) is 17.4 Å². The van der Waals surface area contributed by atoms with Gasteiger partial charge in [-0.15, -0.1) is 0 Å². The average molecular weight is 367 g/mol. The van der Waals surface area contributed by atoms with Crippen molar-refractivity contribution >= 4 is 12.0 Å². The minimum Gasteiger partial charge on any atom is -0.493 e. The van der Waals surface area contributed by atoms with E-state index in [0.29, 0.717) is 24.7 Å². The van der Waals surface area contributed by atoms with Gasteiger partial charge in [-0.1, -0.05) is 12.1 Å². The molecule has 1 amide bonds. The van der Waals surface area contributed by atoms with Crippen LogP contribution >= 0.6 is 0 Å². The van der Waals surface area contributed by atoms with Crippen LogP contribution in [0.3, 0.4) is 0 Å². The van der Waals surface area contributed by atoms with Crippen LogP contribution in [0.15, 0.2) is 42.5 Å². The molecule has 5 nitrogen and oxygen atoms in total. The first-order valence-corrected chi connectivity index (χ1v) is 9.12. The molecular formula is C22H25NO4. The molecule has 0 atom stereocenters. The average Bonchev–Trinajstić information content (AvgIpc) is 3.17. The zero-order valence-electron chi connectivity index (χ0n) is 15.8. The highest BCUT2D eigenvalue weighted by Gasteiger charge is 2.11. The number of hydrogen-bond acceptors (Lipinski definition) is 4. The van der Waals surface area contributed by atoms with Crippen molar-refractivity contribution in [2.24, 2.45) is 0 Å². The van der Waals surface area contributed by atoms with Gasteiger partial charge in [0.15, 0.2) is 11.5 Å². The normalized spacial score (nSPS) is 12.7. The van der Waals surface area contributed by atoms with Crippen LogP contribution in [0.1, 0.15) is 23.1 Å². The fourth-order valence-corrected chi connectivity index (χ4v) is 3.17. The highest BCUT2D eigenvalue weighted by Crippen LogP contribution is 2.28. The largest absolute Gasteiger partial charge is 0.493 e. The van der Waals surface area contributed by atoms with Crippen LogP contribution < -0.4 is 19.5 Å². The minimum atomic E-state index is -0.165. The third-order valence-electron chi connectivity index (χ3n) is 4.57. The van der Waals surface area contributed by atoms with Gasteiger partial charge in [-0.25, -0.2) is 0 Å². The minimum absolute atomic E-state index is 0.165. The van der Waals surface area contributed by atoms with Crippen molar-refractivity contribution in [2.45, 2.75) is 19.3 Å². The summed E-state index contributed by atoms with van der Waals surface area (Å²) in [6.07, 6.45) is 6.75. The molecule has 0 saturated carbocycles. The van der Waals surface area contributed by atoms with Gasteiger partial charge in [0.2, 0.25) is 5.91 Å². The zero-order chi connectivity index (χ0) is 19.1. The fraction of sp³-hybridized carbons (Fsp3) is 0.318. The maximum Gasteiger partial charge on any atom is 0.244 e. The first-order valence-electron chi connectivity index (χ1n) is 9.12. The second kappa shape index (κ2) is 9.12. The zero-order valence-corrected chi connectivity index (χ0v) is 15.8. The molecule has 1 aliphatic rings. The summed E-state index contributed by atoms with van der Waals surface area (Å²) in [7, 11) is 3.17. The van der Waals surface area contributed by atoms with Crippen molar-refractivity contribution in [3.63, 3.8) is 0 Å². The lowest BCUT2D eigenvalue weighted by molar-refractivity contribution is -0.116. The number of benzene rings is 2. The Morgan fingerprint density at radius 2 is 1.85 bits per heavy atom. The number of hydrogen-bond donors (Lipinski definition) is 1. The van der Waals surface area contributed by atoms with Gasteiger partial charge < -0.3 is 19.5 Å². The number of amides is 1. The van der Waals surface area contributed by atoms with Crippen molar-refractivity contribution in [2.75, 3.05) is 27.4 Å². The molecule has 1 aliphatic carbocycles. The number of nitrogens with one attached hydrogen (secondary N) is 1. The van der Waals surface area contributed by atoms with Crippen LogP contribution in [0.25, 0.3) is 6.08 Å². The number of ether oxygens (including phenoxy) is 3. The Kier molecular flexibility index (Phi) is 6.36. The maximum atomic E-state index is 11.9. The van der Waals surface area contributed by atoms with Crippen molar-refractivity contribution in [3.8, 4) is 17.2 Å². The number of carbonyl (C=O) groups is 1. The summed E-state index contributed by atoms with van der Waals surface area (Å²) in [4.78, 5) is 11.9. The Morgan fingerprint density at radius 3 is 2.67 bits per heavy atom. The lowest BCUT2D eigenvalue weighted by atomic mass is 10.1. The van der Waals surface area contributed by atoms with Gasteiger partial charge >= 0.3 is 0 Å². The molecule has 0 spiro atoms. The summed E-state index contributed by atoms with van der Waals surface area (Å²) in [6.45, 7) is 0.890. The highest BCUT2D eigenvalue weighted by atomic mass is 16.5. The SMILES string of the molecule is COc1ccc(C=CC(=O)NCCOc2ccc3c(c2)CCC3)cc1OC. The second-order valence-corrected chi connectivity index (χ2v) is 6.37. The molecule has 0 aromatic heterocycles. The lowest BCUT2D eigenvalue weighted by Gasteiger charge is -2.09. The summed E-state index contributed by atoms with van der Waals surface area (Å²) in [5, 5.41) is 2.82. The molecule has 27 heavy (non-hydrogen) atoms. The van der Waals surface area contributed by atoms with Crippen LogP contribution in [0.4, 0.5) is 0 Å². The monoisotopic (exact) mass is 367 g/mol. The van der Waals surface area contributed by atoms with Crippen LogP contribution in [0, 0.1) is 0 Å². The first kappa shape index (κ1) is 18.8. The van der Waals surface area contributed by atoms with Crippen LogP contribution in [-0.4, -0.2) is 33.3 Å². The number of fused-ring (bicyclic) bond motifs is 1. The Labute approximate surface area is 159 Å². The van der Waals surface area contributed by atoms with Gasteiger partial charge in [-0.05, 0) is 66.3 Å². The molecule has 0 bridgehead atoms. The molecule has 0 saturated heterocycles. The van der Waals surface area contributed by atoms with Crippen molar-refractivity contribution < 1.29 is 19.0 Å². The van der Waals surface area contributed by atoms with Crippen LogP contribution in [-0.2, 0) is 17.6 Å². The van der Waals surface area contributed by atoms with Gasteiger partial charge in [0, 0.05) is 6.08 Å². The Morgan fingerprint density at radius 1 is 1.04 bits per heavy atom. The topological polar surface area (TPSA) is 56.8 Å². The predicted octanol–water partition coefficient (Wildman–Crippen LogP) is 3.40. The molecule has 5 heteroatoms. The maximum absolute atomic E-state index is 11.9. The summed E-state index contributed by atoms with van der Waals surface area (Å²) in [6, 6.07) is 11.7. The number of aryl methyl sites for hydroxylation is 2. The molecule has 0 radical (unpaired) electrons. The van der Waals surface area contributed by atoms with Crippen molar-refractivity contribution in [3.05, 3.63) is 59.2 Å². The van der Waals surface area contributed by atoms with Gasteiger partial charge in [0.05, 0.1) is 20.8 Å². The summed E-state index contributed by atoms with van der Waals surface area (Å²) in [5.41, 5.74) is 3.67. The van der Waals surface area contributed by atoms with Crippen LogP contribution in [0.2, 0.25) is 0 Å². The lowest BCUT2D eigenvalue weighted by Crippen LogP contribution is -2.26. The molecule has 0 heterocycles. The highest BCUT2D eigenvalue weighted by molar-refractivity contribution is 5.91. The standard InChI is InChI=1S/C22H25NO4/c1-25-20-10-6-16(14-21(20)26-2)7-11-22(24)23-12-13-27-19-9-8-17-4-3-5-18(17)15-19/h6-11,14-15H,3-5,12-13H2,1-2H3,(H,23,24). The molecule has 0 fully saturated rings. The first-order chi connectivity index (χ1) is 13.2. The third kappa shape index (κ3) is 5.03. The van der Waals surface area contributed by atoms with E-state index in [1.165, 1.54) is 23.6 Å². The fourth-order valence-electron chi connectivity index (χ4n) is 3.17. The predicted molar refractivity (Wildman–Crippen MR) is 106 cm³/mol. The number of methoxy groups -OCH3 is 2. The van der Waals surface area contributed by atoms with Gasteiger partial charge in [0.25, 0.3) is 0 Å². The smallest absolute Gasteiger partial charge is 0.244 e. The quantitative estimate of drug-likeness (QED) is 0.574. The van der Waals surface area contributed by atoms with E-state index >= 15 is 0 Å². The summed E-state index contributed by atoms with van der Waals surface area (Å²) in [5.74, 6) is 1.98. The van der Waals surface area contributed by atoms with E-state index < -0.39 is 0 Å². The van der Waals surface area contributed by atoms with E-state index in [1.54, 1.807) is 26.4 Å². The van der Waals surface area contributed by atoms with E-state index in [9.17, 15) is 4.79 Å². The molecule has 3 rings (SSSR count). The molecular weight excluding hydrogens is 342 g/mol. The van der Waals surface area contributed by atoms with E-state index in [-0.39, 0.29) is 5.91 Å². The van der Waals surface area contributed by atoms with Gasteiger partial charge in [-0.2, -0.15) is 0 Å². The van der Waals surface area contributed by atoms with Crippen molar-refractivity contribution in [1.29, 1.82) is 0 Å². The Balaban J connectivity index is 1.43. The molecule has 2 aromatic carbocycles. The van der Waals surface area contributed by atoms with E-state index in [4.69, 9.17) is 14.2 Å². The van der Waals surface area contributed by atoms with E-state index in [0.717, 1.165) is 24.2 Å². The van der Waals surface area contributed by atoms with Crippen LogP contribution in [0.5, 0.6) is 17.2 Å². The summed E-state index contributed by atoms with van der Waals surface area (Å²) < 4.78 is 16.2. The second-order valence-electron chi connectivity index (χ2n) is 6.37. The molecule has 0 aliphatic heterocycles. The molecule has 0 unspecified atom stereocenters. The number of rotatable bonds is 8. The van der Waals surface area contributed by atoms with E-state index in [1.807, 2.05) is 18.2 Å². The molecule has 1 N–H and O–H groups in total. The number of carbonyl (C=O) groups excluding carboxylic acids is 1. The molecule has 2 aromatic rings. The third-order valence-corrected chi connectivity index (χ3v) is 4.57. The Hall–Kier alpha value is -2.95. The Bertz CT molecular complexity index is 829.